The van der Waals surface area contributed by atoms with E-state index in [1.807, 2.05) is 18.7 Å². The summed E-state index contributed by atoms with van der Waals surface area (Å²) in [6.45, 7) is 9.11. The average molecular weight is 240 g/mol. The van der Waals surface area contributed by atoms with Crippen LogP contribution in [-0.4, -0.2) is 29.3 Å². The van der Waals surface area contributed by atoms with E-state index in [0.29, 0.717) is 24.2 Å². The van der Waals surface area contributed by atoms with Crippen molar-refractivity contribution < 1.29 is 4.79 Å². The molecular formula is C11H14ClN3O. The van der Waals surface area contributed by atoms with Gasteiger partial charge in [-0.25, -0.2) is 9.97 Å². The van der Waals surface area contributed by atoms with E-state index in [-0.39, 0.29) is 5.15 Å². The number of aldehydes is 1. The van der Waals surface area contributed by atoms with E-state index < -0.39 is 0 Å². The highest BCUT2D eigenvalue weighted by Gasteiger charge is 2.14. The second-order valence-electron chi connectivity index (χ2n) is 3.49. The molecule has 0 spiro atoms. The van der Waals surface area contributed by atoms with Crippen LogP contribution in [0.2, 0.25) is 5.15 Å². The standard InChI is InChI=1S/C11H14ClN3O/c1-4-15(5-8(2)3)11-9(6-16)10(12)13-7-14-11/h6-7H,2,4-5H2,1,3H3. The molecule has 0 N–H and O–H groups in total. The van der Waals surface area contributed by atoms with Gasteiger partial charge in [-0.2, -0.15) is 0 Å². The number of anilines is 1. The molecule has 4 nitrogen and oxygen atoms in total. The van der Waals surface area contributed by atoms with Crippen molar-refractivity contribution in [2.24, 2.45) is 0 Å². The predicted octanol–water partition coefficient (Wildman–Crippen LogP) is 2.34. The number of halogens is 1. The van der Waals surface area contributed by atoms with Crippen LogP contribution in [0.1, 0.15) is 24.2 Å². The maximum atomic E-state index is 10.9. The molecule has 1 aromatic heterocycles. The van der Waals surface area contributed by atoms with Crippen molar-refractivity contribution in [3.63, 3.8) is 0 Å². The summed E-state index contributed by atoms with van der Waals surface area (Å²) in [5.74, 6) is 0.556. The second-order valence-corrected chi connectivity index (χ2v) is 3.85. The van der Waals surface area contributed by atoms with Gasteiger partial charge in [0.15, 0.2) is 6.29 Å². The summed E-state index contributed by atoms with van der Waals surface area (Å²) in [5.41, 5.74) is 1.32. The van der Waals surface area contributed by atoms with Crippen LogP contribution in [-0.2, 0) is 0 Å². The van der Waals surface area contributed by atoms with Crippen LogP contribution in [0.5, 0.6) is 0 Å². The first-order valence-corrected chi connectivity index (χ1v) is 5.33. The normalized spacial score (nSPS) is 9.94. The number of hydrogen-bond acceptors (Lipinski definition) is 4. The molecule has 0 atom stereocenters. The first-order valence-electron chi connectivity index (χ1n) is 4.95. The number of nitrogens with zero attached hydrogens (tertiary/aromatic N) is 3. The molecule has 0 unspecified atom stereocenters. The van der Waals surface area contributed by atoms with Crippen LogP contribution in [0.15, 0.2) is 18.5 Å². The van der Waals surface area contributed by atoms with E-state index in [9.17, 15) is 4.79 Å². The number of likely N-dealkylation sites (N-methyl/N-ethyl adjacent to an activating group) is 1. The predicted molar refractivity (Wildman–Crippen MR) is 65.1 cm³/mol. The quantitative estimate of drug-likeness (QED) is 0.450. The van der Waals surface area contributed by atoms with Crippen molar-refractivity contribution in [2.75, 3.05) is 18.0 Å². The van der Waals surface area contributed by atoms with Crippen molar-refractivity contribution in [2.45, 2.75) is 13.8 Å². The van der Waals surface area contributed by atoms with Crippen LogP contribution in [0.4, 0.5) is 5.82 Å². The first kappa shape index (κ1) is 12.6. The van der Waals surface area contributed by atoms with Crippen molar-refractivity contribution in [3.05, 3.63) is 29.2 Å². The van der Waals surface area contributed by atoms with E-state index in [4.69, 9.17) is 11.6 Å². The molecule has 1 aromatic rings. The van der Waals surface area contributed by atoms with Crippen LogP contribution in [0.25, 0.3) is 0 Å². The minimum atomic E-state index is 0.181. The molecule has 0 saturated heterocycles. The molecule has 5 heteroatoms. The molecule has 1 rings (SSSR count). The summed E-state index contributed by atoms with van der Waals surface area (Å²) in [6, 6.07) is 0. The number of carbonyl (C=O) groups excluding carboxylic acids is 1. The van der Waals surface area contributed by atoms with Gasteiger partial charge in [-0.1, -0.05) is 23.8 Å². The fraction of sp³-hybridized carbons (Fsp3) is 0.364. The van der Waals surface area contributed by atoms with E-state index >= 15 is 0 Å². The molecule has 0 amide bonds. The Hall–Kier alpha value is -1.42. The van der Waals surface area contributed by atoms with Crippen LogP contribution in [0.3, 0.4) is 0 Å². The van der Waals surface area contributed by atoms with E-state index in [1.165, 1.54) is 6.33 Å². The van der Waals surface area contributed by atoms with Gasteiger partial charge in [0.25, 0.3) is 0 Å². The van der Waals surface area contributed by atoms with Crippen molar-refractivity contribution >= 4 is 23.7 Å². The molecule has 16 heavy (non-hydrogen) atoms. The smallest absolute Gasteiger partial charge is 0.156 e. The third-order valence-corrected chi connectivity index (χ3v) is 2.38. The molecule has 86 valence electrons. The SMILES string of the molecule is C=C(C)CN(CC)c1ncnc(Cl)c1C=O. The zero-order valence-electron chi connectivity index (χ0n) is 9.40. The Labute approximate surface area is 100.0 Å². The molecule has 0 radical (unpaired) electrons. The van der Waals surface area contributed by atoms with Crippen LogP contribution in [0, 0.1) is 0 Å². The molecule has 0 aromatic carbocycles. The summed E-state index contributed by atoms with van der Waals surface area (Å²) < 4.78 is 0. The Bertz CT molecular complexity index is 406. The first-order chi connectivity index (χ1) is 7.60. The highest BCUT2D eigenvalue weighted by atomic mass is 35.5. The third-order valence-electron chi connectivity index (χ3n) is 2.07. The molecule has 0 fully saturated rings. The van der Waals surface area contributed by atoms with Crippen LogP contribution < -0.4 is 4.90 Å². The Balaban J connectivity index is 3.13. The Morgan fingerprint density at radius 3 is 2.81 bits per heavy atom. The lowest BCUT2D eigenvalue weighted by Crippen LogP contribution is -2.26. The largest absolute Gasteiger partial charge is 0.352 e. The fourth-order valence-corrected chi connectivity index (χ4v) is 1.55. The zero-order chi connectivity index (χ0) is 12.1. The topological polar surface area (TPSA) is 46.1 Å². The zero-order valence-corrected chi connectivity index (χ0v) is 10.2. The van der Waals surface area contributed by atoms with E-state index in [2.05, 4.69) is 16.5 Å². The molecule has 0 bridgehead atoms. The Morgan fingerprint density at radius 2 is 2.31 bits per heavy atom. The molecule has 0 aliphatic rings. The molecule has 0 saturated carbocycles. The van der Waals surface area contributed by atoms with Gasteiger partial charge in [-0.05, 0) is 13.8 Å². The monoisotopic (exact) mass is 239 g/mol. The number of hydrogen-bond donors (Lipinski definition) is 0. The van der Waals surface area contributed by atoms with Crippen molar-refractivity contribution in [1.29, 1.82) is 0 Å². The minimum Gasteiger partial charge on any atom is -0.352 e. The lowest BCUT2D eigenvalue weighted by Gasteiger charge is -2.23. The van der Waals surface area contributed by atoms with Crippen molar-refractivity contribution in [3.8, 4) is 0 Å². The Morgan fingerprint density at radius 1 is 1.62 bits per heavy atom. The lowest BCUT2D eigenvalue weighted by atomic mass is 10.2. The minimum absolute atomic E-state index is 0.181. The summed E-state index contributed by atoms with van der Waals surface area (Å²) in [7, 11) is 0. The maximum Gasteiger partial charge on any atom is 0.156 e. The summed E-state index contributed by atoms with van der Waals surface area (Å²) in [6.07, 6.45) is 2.03. The number of carbonyl (C=O) groups is 1. The van der Waals surface area contributed by atoms with Gasteiger partial charge in [0.1, 0.15) is 17.3 Å². The average Bonchev–Trinajstić information content (AvgIpc) is 2.25. The van der Waals surface area contributed by atoms with Gasteiger partial charge in [0.2, 0.25) is 0 Å². The van der Waals surface area contributed by atoms with Gasteiger partial charge in [0.05, 0.1) is 5.56 Å². The molecule has 1 heterocycles. The van der Waals surface area contributed by atoms with E-state index in [1.54, 1.807) is 0 Å². The summed E-state index contributed by atoms with van der Waals surface area (Å²) in [4.78, 5) is 20.7. The van der Waals surface area contributed by atoms with Crippen LogP contribution >= 0.6 is 11.6 Å². The molecular weight excluding hydrogens is 226 g/mol. The summed E-state index contributed by atoms with van der Waals surface area (Å²) >= 11 is 5.84. The Kier molecular flexibility index (Phi) is 4.43. The lowest BCUT2D eigenvalue weighted by molar-refractivity contribution is 0.112. The molecule has 0 aliphatic carbocycles. The number of rotatable bonds is 5. The van der Waals surface area contributed by atoms with Crippen molar-refractivity contribution in [1.82, 2.24) is 9.97 Å². The third kappa shape index (κ3) is 2.79. The maximum absolute atomic E-state index is 10.9. The highest BCUT2D eigenvalue weighted by Crippen LogP contribution is 2.21. The number of aromatic nitrogens is 2. The highest BCUT2D eigenvalue weighted by molar-refractivity contribution is 6.32. The van der Waals surface area contributed by atoms with Gasteiger partial charge in [-0.15, -0.1) is 0 Å². The second kappa shape index (κ2) is 5.61. The van der Waals surface area contributed by atoms with Gasteiger partial charge < -0.3 is 4.90 Å². The fourth-order valence-electron chi connectivity index (χ4n) is 1.38. The van der Waals surface area contributed by atoms with Gasteiger partial charge in [0, 0.05) is 13.1 Å². The van der Waals surface area contributed by atoms with Gasteiger partial charge in [-0.3, -0.25) is 4.79 Å². The van der Waals surface area contributed by atoms with E-state index in [0.717, 1.165) is 12.1 Å². The van der Waals surface area contributed by atoms with Gasteiger partial charge >= 0.3 is 0 Å². The summed E-state index contributed by atoms with van der Waals surface area (Å²) in [5, 5.41) is 0.181. The molecule has 0 aliphatic heterocycles.